The quantitative estimate of drug-likeness (QED) is 0.461. The zero-order valence-electron chi connectivity index (χ0n) is 16.9. The van der Waals surface area contributed by atoms with Gasteiger partial charge in [-0.2, -0.15) is 10.1 Å². The third kappa shape index (κ3) is 3.50. The summed E-state index contributed by atoms with van der Waals surface area (Å²) in [6.45, 7) is 2.91. The van der Waals surface area contributed by atoms with Gasteiger partial charge in [0, 0.05) is 24.0 Å². The van der Waals surface area contributed by atoms with Gasteiger partial charge in [0.15, 0.2) is 5.82 Å². The van der Waals surface area contributed by atoms with Gasteiger partial charge in [0.05, 0.1) is 6.20 Å². The van der Waals surface area contributed by atoms with Crippen LogP contribution in [-0.4, -0.2) is 21.2 Å². The summed E-state index contributed by atoms with van der Waals surface area (Å²) in [7, 11) is 0. The van der Waals surface area contributed by atoms with E-state index in [1.807, 2.05) is 24.3 Å². The summed E-state index contributed by atoms with van der Waals surface area (Å²) in [4.78, 5) is 9.33. The molecule has 1 aliphatic rings. The Hall–Kier alpha value is -3.73. The Labute approximate surface area is 176 Å². The SMILES string of the molecule is CC1Cc2ccccc2N1c1nncc(N(Cc2ccccc2)c2ccccc2)n1. The topological polar surface area (TPSA) is 45.2 Å². The van der Waals surface area contributed by atoms with E-state index in [0.717, 1.165) is 17.9 Å². The molecule has 0 aliphatic carbocycles. The Morgan fingerprint density at radius 1 is 0.900 bits per heavy atom. The summed E-state index contributed by atoms with van der Waals surface area (Å²) in [5.74, 6) is 1.42. The second-order valence-electron chi connectivity index (χ2n) is 7.57. The van der Waals surface area contributed by atoms with E-state index in [0.29, 0.717) is 18.5 Å². The standard InChI is InChI=1S/C25H23N5/c1-19-16-21-12-8-9-15-23(21)30(19)25-27-24(17-26-28-25)29(22-13-6-3-7-14-22)18-20-10-4-2-5-11-20/h2-15,17,19H,16,18H2,1H3. The molecular weight excluding hydrogens is 370 g/mol. The molecule has 0 saturated carbocycles. The fraction of sp³-hybridized carbons (Fsp3) is 0.160. The van der Waals surface area contributed by atoms with Gasteiger partial charge in [-0.1, -0.05) is 66.7 Å². The number of hydrogen-bond donors (Lipinski definition) is 0. The van der Waals surface area contributed by atoms with E-state index in [1.54, 1.807) is 6.20 Å². The molecule has 1 unspecified atom stereocenters. The van der Waals surface area contributed by atoms with Crippen LogP contribution in [0.25, 0.3) is 0 Å². The molecule has 1 atom stereocenters. The summed E-state index contributed by atoms with van der Waals surface area (Å²) < 4.78 is 0. The van der Waals surface area contributed by atoms with Crippen LogP contribution in [0.2, 0.25) is 0 Å². The van der Waals surface area contributed by atoms with Crippen LogP contribution < -0.4 is 9.80 Å². The minimum Gasteiger partial charge on any atom is -0.321 e. The molecule has 148 valence electrons. The molecule has 0 radical (unpaired) electrons. The van der Waals surface area contributed by atoms with Gasteiger partial charge >= 0.3 is 0 Å². The molecule has 0 saturated heterocycles. The van der Waals surface area contributed by atoms with Gasteiger partial charge in [0.1, 0.15) is 0 Å². The maximum Gasteiger partial charge on any atom is 0.252 e. The molecule has 1 aromatic heterocycles. The van der Waals surface area contributed by atoms with Gasteiger partial charge in [-0.15, -0.1) is 5.10 Å². The first kappa shape index (κ1) is 18.3. The van der Waals surface area contributed by atoms with Crippen molar-refractivity contribution in [2.24, 2.45) is 0 Å². The number of anilines is 4. The summed E-state index contributed by atoms with van der Waals surface area (Å²) >= 11 is 0. The number of para-hydroxylation sites is 2. The van der Waals surface area contributed by atoms with Crippen LogP contribution in [0.3, 0.4) is 0 Å². The van der Waals surface area contributed by atoms with Crippen LogP contribution in [0.5, 0.6) is 0 Å². The van der Waals surface area contributed by atoms with Crippen molar-refractivity contribution in [1.82, 2.24) is 15.2 Å². The lowest BCUT2D eigenvalue weighted by atomic mass is 10.1. The molecule has 5 nitrogen and oxygen atoms in total. The molecule has 0 fully saturated rings. The highest BCUT2D eigenvalue weighted by Crippen LogP contribution is 2.37. The fourth-order valence-corrected chi connectivity index (χ4v) is 4.07. The molecule has 30 heavy (non-hydrogen) atoms. The number of rotatable bonds is 5. The van der Waals surface area contributed by atoms with Gasteiger partial charge in [-0.25, -0.2) is 0 Å². The average Bonchev–Trinajstić information content (AvgIpc) is 3.14. The number of nitrogens with zero attached hydrogens (tertiary/aromatic N) is 5. The molecule has 1 aliphatic heterocycles. The van der Waals surface area contributed by atoms with Crippen molar-refractivity contribution in [1.29, 1.82) is 0 Å². The first-order chi connectivity index (χ1) is 14.8. The summed E-state index contributed by atoms with van der Waals surface area (Å²) in [5, 5.41) is 8.72. The molecule has 5 rings (SSSR count). The van der Waals surface area contributed by atoms with E-state index in [1.165, 1.54) is 16.8 Å². The maximum absolute atomic E-state index is 4.96. The Morgan fingerprint density at radius 3 is 2.40 bits per heavy atom. The van der Waals surface area contributed by atoms with E-state index in [2.05, 4.69) is 87.6 Å². The van der Waals surface area contributed by atoms with Crippen molar-refractivity contribution < 1.29 is 0 Å². The molecule has 0 spiro atoms. The first-order valence-electron chi connectivity index (χ1n) is 10.2. The van der Waals surface area contributed by atoms with Crippen LogP contribution in [0.4, 0.5) is 23.1 Å². The minimum atomic E-state index is 0.291. The summed E-state index contributed by atoms with van der Waals surface area (Å²) in [6, 6.07) is 29.5. The lowest BCUT2D eigenvalue weighted by Gasteiger charge is -2.26. The van der Waals surface area contributed by atoms with Gasteiger partial charge in [-0.3, -0.25) is 0 Å². The van der Waals surface area contributed by atoms with E-state index in [-0.39, 0.29) is 0 Å². The lowest BCUT2D eigenvalue weighted by molar-refractivity contribution is 0.727. The third-order valence-electron chi connectivity index (χ3n) is 5.49. The molecule has 3 aromatic carbocycles. The van der Waals surface area contributed by atoms with Gasteiger partial charge in [-0.05, 0) is 42.7 Å². The second-order valence-corrected chi connectivity index (χ2v) is 7.57. The molecular formula is C25H23N5. The maximum atomic E-state index is 4.96. The Kier molecular flexibility index (Phi) is 4.85. The number of fused-ring (bicyclic) bond motifs is 1. The second kappa shape index (κ2) is 7.95. The van der Waals surface area contributed by atoms with E-state index in [4.69, 9.17) is 4.98 Å². The average molecular weight is 393 g/mol. The number of aromatic nitrogens is 3. The Balaban J connectivity index is 1.55. The van der Waals surface area contributed by atoms with Crippen molar-refractivity contribution in [2.45, 2.75) is 25.9 Å². The zero-order valence-corrected chi connectivity index (χ0v) is 16.9. The van der Waals surface area contributed by atoms with Crippen LogP contribution in [0, 0.1) is 0 Å². The number of hydrogen-bond acceptors (Lipinski definition) is 5. The van der Waals surface area contributed by atoms with Crippen LogP contribution in [0.15, 0.2) is 91.1 Å². The molecule has 0 amide bonds. The fourth-order valence-electron chi connectivity index (χ4n) is 4.07. The Bertz CT molecular complexity index is 1130. The third-order valence-corrected chi connectivity index (χ3v) is 5.49. The van der Waals surface area contributed by atoms with Crippen molar-refractivity contribution in [3.05, 3.63) is 102 Å². The van der Waals surface area contributed by atoms with Crippen molar-refractivity contribution >= 4 is 23.1 Å². The van der Waals surface area contributed by atoms with Crippen LogP contribution >= 0.6 is 0 Å². The predicted molar refractivity (Wildman–Crippen MR) is 120 cm³/mol. The molecule has 2 heterocycles. The van der Waals surface area contributed by atoms with E-state index >= 15 is 0 Å². The highest BCUT2D eigenvalue weighted by molar-refractivity contribution is 5.68. The van der Waals surface area contributed by atoms with Crippen molar-refractivity contribution in [3.8, 4) is 0 Å². The van der Waals surface area contributed by atoms with Gasteiger partial charge in [0.25, 0.3) is 5.95 Å². The summed E-state index contributed by atoms with van der Waals surface area (Å²) in [5.41, 5.74) is 4.77. The summed E-state index contributed by atoms with van der Waals surface area (Å²) in [6.07, 6.45) is 2.72. The zero-order chi connectivity index (χ0) is 20.3. The molecule has 5 heteroatoms. The normalized spacial score (nSPS) is 15.1. The Morgan fingerprint density at radius 2 is 1.60 bits per heavy atom. The smallest absolute Gasteiger partial charge is 0.252 e. The largest absolute Gasteiger partial charge is 0.321 e. The minimum absolute atomic E-state index is 0.291. The van der Waals surface area contributed by atoms with Gasteiger partial charge in [0.2, 0.25) is 0 Å². The van der Waals surface area contributed by atoms with Crippen LogP contribution in [0.1, 0.15) is 18.1 Å². The van der Waals surface area contributed by atoms with Gasteiger partial charge < -0.3 is 9.80 Å². The highest BCUT2D eigenvalue weighted by atomic mass is 15.4. The van der Waals surface area contributed by atoms with Crippen LogP contribution in [-0.2, 0) is 13.0 Å². The first-order valence-corrected chi connectivity index (χ1v) is 10.2. The monoisotopic (exact) mass is 393 g/mol. The molecule has 0 bridgehead atoms. The number of benzene rings is 3. The van der Waals surface area contributed by atoms with E-state index < -0.39 is 0 Å². The van der Waals surface area contributed by atoms with E-state index in [9.17, 15) is 0 Å². The lowest BCUT2D eigenvalue weighted by Crippen LogP contribution is -2.27. The highest BCUT2D eigenvalue weighted by Gasteiger charge is 2.29. The predicted octanol–water partition coefficient (Wildman–Crippen LogP) is 5.29. The molecule has 4 aromatic rings. The van der Waals surface area contributed by atoms with Crippen molar-refractivity contribution in [3.63, 3.8) is 0 Å². The van der Waals surface area contributed by atoms with Crippen molar-refractivity contribution in [2.75, 3.05) is 9.80 Å². The molecule has 0 N–H and O–H groups in total.